The number of carbonyl (C=O) groups is 2. The van der Waals surface area contributed by atoms with E-state index < -0.39 is 0 Å². The Balaban J connectivity index is 1.65. The van der Waals surface area contributed by atoms with E-state index in [9.17, 15) is 14.4 Å². The van der Waals surface area contributed by atoms with Crippen molar-refractivity contribution in [1.82, 2.24) is 14.7 Å². The normalized spacial score (nSPS) is 14.4. The van der Waals surface area contributed by atoms with Gasteiger partial charge in [0.2, 0.25) is 0 Å². The van der Waals surface area contributed by atoms with E-state index in [4.69, 9.17) is 0 Å². The molecule has 0 bridgehead atoms. The molecule has 1 aliphatic heterocycles. The molecule has 3 rings (SSSR count). The molecule has 0 saturated carbocycles. The van der Waals surface area contributed by atoms with Crippen LogP contribution in [0.4, 0.5) is 5.69 Å². The number of amides is 1. The maximum atomic E-state index is 12.6. The third-order valence-corrected chi connectivity index (χ3v) is 4.59. The van der Waals surface area contributed by atoms with Gasteiger partial charge < -0.3 is 9.80 Å². The van der Waals surface area contributed by atoms with Crippen molar-refractivity contribution in [2.45, 2.75) is 20.4 Å². The molecule has 136 valence electrons. The zero-order valence-electron chi connectivity index (χ0n) is 15.0. The maximum absolute atomic E-state index is 12.6. The van der Waals surface area contributed by atoms with E-state index in [0.717, 1.165) is 5.69 Å². The molecule has 1 fully saturated rings. The van der Waals surface area contributed by atoms with Crippen LogP contribution in [0, 0.1) is 0 Å². The minimum atomic E-state index is -0.206. The first kappa shape index (κ1) is 17.8. The minimum absolute atomic E-state index is 0.0490. The van der Waals surface area contributed by atoms with E-state index in [1.807, 2.05) is 31.2 Å². The molecule has 1 amide bonds. The topological polar surface area (TPSA) is 75.5 Å². The summed E-state index contributed by atoms with van der Waals surface area (Å²) in [6, 6.07) is 10.4. The number of Topliss-reactive ketones (excluding diaryl/α,β-unsaturated/α-hetero) is 1. The fourth-order valence-electron chi connectivity index (χ4n) is 3.03. The molecule has 0 aliphatic carbocycles. The Labute approximate surface area is 151 Å². The number of benzene rings is 1. The quantitative estimate of drug-likeness (QED) is 0.777. The van der Waals surface area contributed by atoms with Gasteiger partial charge in [0.05, 0.1) is 0 Å². The van der Waals surface area contributed by atoms with Crippen LogP contribution in [0.25, 0.3) is 0 Å². The number of carbonyl (C=O) groups excluding carboxylic acids is 2. The minimum Gasteiger partial charge on any atom is -0.368 e. The molecule has 26 heavy (non-hydrogen) atoms. The second-order valence-electron chi connectivity index (χ2n) is 6.25. The molecule has 7 heteroatoms. The van der Waals surface area contributed by atoms with Crippen molar-refractivity contribution >= 4 is 17.4 Å². The number of aryl methyl sites for hydroxylation is 1. The fourth-order valence-corrected chi connectivity index (χ4v) is 3.03. The van der Waals surface area contributed by atoms with Crippen LogP contribution in [0.3, 0.4) is 0 Å². The molecule has 1 aromatic carbocycles. The highest BCUT2D eigenvalue weighted by molar-refractivity contribution is 5.94. The third kappa shape index (κ3) is 3.66. The van der Waals surface area contributed by atoms with Gasteiger partial charge >= 0.3 is 0 Å². The molecule has 1 aromatic heterocycles. The fraction of sp³-hybridized carbons (Fsp3) is 0.368. The van der Waals surface area contributed by atoms with Crippen LogP contribution < -0.4 is 10.5 Å². The van der Waals surface area contributed by atoms with Gasteiger partial charge in [-0.1, -0.05) is 0 Å². The lowest BCUT2D eigenvalue weighted by Gasteiger charge is -2.36. The first-order valence-electron chi connectivity index (χ1n) is 8.73. The molecular weight excluding hydrogens is 332 g/mol. The van der Waals surface area contributed by atoms with E-state index in [2.05, 4.69) is 10.00 Å². The van der Waals surface area contributed by atoms with Crippen molar-refractivity contribution in [3.8, 4) is 0 Å². The number of nitrogens with zero attached hydrogens (tertiary/aromatic N) is 4. The number of ketones is 1. The Morgan fingerprint density at radius 2 is 1.65 bits per heavy atom. The Kier molecular flexibility index (Phi) is 5.16. The maximum Gasteiger partial charge on any atom is 0.274 e. The predicted molar refractivity (Wildman–Crippen MR) is 98.7 cm³/mol. The van der Waals surface area contributed by atoms with Crippen molar-refractivity contribution in [3.05, 3.63) is 58.0 Å². The van der Waals surface area contributed by atoms with Crippen LogP contribution in [-0.2, 0) is 6.54 Å². The largest absolute Gasteiger partial charge is 0.368 e. The van der Waals surface area contributed by atoms with Crippen LogP contribution in [0.5, 0.6) is 0 Å². The Hall–Kier alpha value is -2.96. The van der Waals surface area contributed by atoms with E-state index in [1.165, 1.54) is 16.8 Å². The molecule has 2 heterocycles. The van der Waals surface area contributed by atoms with Crippen LogP contribution in [0.2, 0.25) is 0 Å². The van der Waals surface area contributed by atoms with Gasteiger partial charge in [-0.05, 0) is 44.2 Å². The smallest absolute Gasteiger partial charge is 0.274 e. The average molecular weight is 354 g/mol. The second-order valence-corrected chi connectivity index (χ2v) is 6.25. The number of hydrogen-bond donors (Lipinski definition) is 0. The van der Waals surface area contributed by atoms with E-state index >= 15 is 0 Å². The van der Waals surface area contributed by atoms with Crippen molar-refractivity contribution in [2.75, 3.05) is 31.1 Å². The van der Waals surface area contributed by atoms with Gasteiger partial charge in [-0.3, -0.25) is 14.4 Å². The molecule has 0 spiro atoms. The number of anilines is 1. The lowest BCUT2D eigenvalue weighted by atomic mass is 10.1. The number of piperazine rings is 1. The van der Waals surface area contributed by atoms with Crippen molar-refractivity contribution < 1.29 is 9.59 Å². The summed E-state index contributed by atoms with van der Waals surface area (Å²) in [5.41, 5.74) is 1.83. The highest BCUT2D eigenvalue weighted by atomic mass is 16.2. The zero-order chi connectivity index (χ0) is 18.7. The van der Waals surface area contributed by atoms with Crippen LogP contribution in [-0.4, -0.2) is 52.5 Å². The summed E-state index contributed by atoms with van der Waals surface area (Å²) in [7, 11) is 0. The van der Waals surface area contributed by atoms with Crippen LogP contribution in [0.1, 0.15) is 34.7 Å². The summed E-state index contributed by atoms with van der Waals surface area (Å²) in [5.74, 6) is -0.105. The highest BCUT2D eigenvalue weighted by Crippen LogP contribution is 2.18. The number of hydrogen-bond acceptors (Lipinski definition) is 5. The highest BCUT2D eigenvalue weighted by Gasteiger charge is 2.23. The summed E-state index contributed by atoms with van der Waals surface area (Å²) in [5, 5.41) is 4.14. The van der Waals surface area contributed by atoms with Crippen LogP contribution >= 0.6 is 0 Å². The third-order valence-electron chi connectivity index (χ3n) is 4.59. The first-order chi connectivity index (χ1) is 12.5. The SMILES string of the molecule is CCn1nc(C(=O)N2CCN(c3ccc(C(C)=O)cc3)CC2)ccc1=O. The summed E-state index contributed by atoms with van der Waals surface area (Å²) >= 11 is 0. The Bertz CT molecular complexity index is 865. The number of rotatable bonds is 4. The summed E-state index contributed by atoms with van der Waals surface area (Å²) in [6.45, 7) is 6.38. The van der Waals surface area contributed by atoms with Crippen molar-refractivity contribution in [3.63, 3.8) is 0 Å². The van der Waals surface area contributed by atoms with Gasteiger partial charge in [0, 0.05) is 50.0 Å². The van der Waals surface area contributed by atoms with Gasteiger partial charge in [0.15, 0.2) is 5.78 Å². The van der Waals surface area contributed by atoms with Gasteiger partial charge in [-0.2, -0.15) is 5.10 Å². The molecular formula is C19H22N4O3. The standard InChI is InChI=1S/C19H22N4O3/c1-3-23-18(25)9-8-17(20-23)19(26)22-12-10-21(11-13-22)16-6-4-15(5-7-16)14(2)24/h4-9H,3,10-13H2,1-2H3. The molecule has 7 nitrogen and oxygen atoms in total. The lowest BCUT2D eigenvalue weighted by molar-refractivity contribution is 0.0737. The van der Waals surface area contributed by atoms with Gasteiger partial charge in [0.25, 0.3) is 11.5 Å². The van der Waals surface area contributed by atoms with Crippen molar-refractivity contribution in [1.29, 1.82) is 0 Å². The van der Waals surface area contributed by atoms with Crippen molar-refractivity contribution in [2.24, 2.45) is 0 Å². The Morgan fingerprint density at radius 1 is 1.00 bits per heavy atom. The van der Waals surface area contributed by atoms with Crippen LogP contribution in [0.15, 0.2) is 41.2 Å². The summed E-state index contributed by atoms with van der Waals surface area (Å²) in [6.07, 6.45) is 0. The lowest BCUT2D eigenvalue weighted by Crippen LogP contribution is -2.49. The molecule has 0 N–H and O–H groups in total. The van der Waals surface area contributed by atoms with E-state index in [1.54, 1.807) is 11.8 Å². The molecule has 1 saturated heterocycles. The molecule has 0 atom stereocenters. The molecule has 1 aliphatic rings. The van der Waals surface area contributed by atoms with E-state index in [0.29, 0.717) is 44.0 Å². The summed E-state index contributed by atoms with van der Waals surface area (Å²) in [4.78, 5) is 39.6. The van der Waals surface area contributed by atoms with Gasteiger partial charge in [0.1, 0.15) is 5.69 Å². The summed E-state index contributed by atoms with van der Waals surface area (Å²) < 4.78 is 1.29. The van der Waals surface area contributed by atoms with Gasteiger partial charge in [-0.25, -0.2) is 4.68 Å². The van der Waals surface area contributed by atoms with E-state index in [-0.39, 0.29) is 17.2 Å². The molecule has 0 unspecified atom stereocenters. The Morgan fingerprint density at radius 3 is 2.23 bits per heavy atom. The zero-order valence-corrected chi connectivity index (χ0v) is 15.0. The average Bonchev–Trinajstić information content (AvgIpc) is 2.68. The second kappa shape index (κ2) is 7.51. The molecule has 2 aromatic rings. The molecule has 0 radical (unpaired) electrons. The number of aromatic nitrogens is 2. The van der Waals surface area contributed by atoms with Gasteiger partial charge in [-0.15, -0.1) is 0 Å². The first-order valence-corrected chi connectivity index (χ1v) is 8.73. The predicted octanol–water partition coefficient (Wildman–Crippen LogP) is 1.43. The monoisotopic (exact) mass is 354 g/mol.